The van der Waals surface area contributed by atoms with Crippen LogP contribution in [0.3, 0.4) is 0 Å². The molecule has 0 bridgehead atoms. The lowest BCUT2D eigenvalue weighted by atomic mass is 10.1. The minimum absolute atomic E-state index is 0.142. The van der Waals surface area contributed by atoms with Gasteiger partial charge in [-0.25, -0.2) is 0 Å². The van der Waals surface area contributed by atoms with Crippen LogP contribution >= 0.6 is 11.6 Å². The van der Waals surface area contributed by atoms with E-state index in [1.807, 2.05) is 0 Å². The number of rotatable bonds is 6. The highest BCUT2D eigenvalue weighted by molar-refractivity contribution is 6.31. The largest absolute Gasteiger partial charge is 0.493 e. The molecule has 1 aromatic carbocycles. The number of halogens is 1. The third-order valence-corrected chi connectivity index (χ3v) is 4.59. The average molecular weight is 352 g/mol. The van der Waals surface area contributed by atoms with E-state index in [-0.39, 0.29) is 5.91 Å². The van der Waals surface area contributed by atoms with Gasteiger partial charge in [0.25, 0.3) is 5.91 Å². The zero-order valence-corrected chi connectivity index (χ0v) is 14.8. The Morgan fingerprint density at radius 3 is 2.96 bits per heavy atom. The molecule has 0 spiro atoms. The minimum Gasteiger partial charge on any atom is -0.493 e. The molecule has 6 heteroatoms. The summed E-state index contributed by atoms with van der Waals surface area (Å²) < 4.78 is 16.6. The van der Waals surface area contributed by atoms with Gasteiger partial charge in [-0.3, -0.25) is 4.79 Å². The first kappa shape index (κ1) is 17.1. The molecule has 1 atom stereocenters. The van der Waals surface area contributed by atoms with Crippen LogP contribution in [0.2, 0.25) is 5.02 Å². The first-order valence-electron chi connectivity index (χ1n) is 8.22. The van der Waals surface area contributed by atoms with Gasteiger partial charge in [0.1, 0.15) is 0 Å². The number of methoxy groups -OCH3 is 1. The Hall–Kier alpha value is -1.72. The maximum Gasteiger partial charge on any atom is 0.289 e. The summed E-state index contributed by atoms with van der Waals surface area (Å²) in [4.78, 5) is 14.2. The summed E-state index contributed by atoms with van der Waals surface area (Å²) in [7, 11) is 3.33. The van der Waals surface area contributed by atoms with Crippen LogP contribution in [0.15, 0.2) is 22.6 Å². The second kappa shape index (κ2) is 7.45. The van der Waals surface area contributed by atoms with Gasteiger partial charge in [0.05, 0.1) is 13.2 Å². The minimum atomic E-state index is -0.142. The molecule has 3 rings (SSSR count). The second-order valence-corrected chi connectivity index (χ2v) is 6.58. The molecule has 0 unspecified atom stereocenters. The lowest BCUT2D eigenvalue weighted by Gasteiger charge is -2.16. The summed E-state index contributed by atoms with van der Waals surface area (Å²) in [5.74, 6) is 0.680. The molecule has 1 amide bonds. The third-order valence-electron chi connectivity index (χ3n) is 4.37. The smallest absolute Gasteiger partial charge is 0.289 e. The first-order valence-corrected chi connectivity index (χ1v) is 8.60. The molecule has 24 heavy (non-hydrogen) atoms. The molecule has 1 fully saturated rings. The number of ether oxygens (including phenoxy) is 2. The lowest BCUT2D eigenvalue weighted by molar-refractivity contribution is 0.0736. The maximum absolute atomic E-state index is 12.6. The van der Waals surface area contributed by atoms with Gasteiger partial charge in [0.15, 0.2) is 17.1 Å². The molecular formula is C18H22ClNO4. The fourth-order valence-electron chi connectivity index (χ4n) is 3.06. The molecule has 0 aliphatic carbocycles. The Labute approximate surface area is 146 Å². The van der Waals surface area contributed by atoms with Gasteiger partial charge in [0, 0.05) is 36.7 Å². The highest BCUT2D eigenvalue weighted by Gasteiger charge is 2.20. The lowest BCUT2D eigenvalue weighted by Crippen LogP contribution is -2.28. The van der Waals surface area contributed by atoms with Crippen molar-refractivity contribution in [3.05, 3.63) is 29.0 Å². The zero-order valence-electron chi connectivity index (χ0n) is 14.0. The van der Waals surface area contributed by atoms with Crippen molar-refractivity contribution in [1.29, 1.82) is 0 Å². The molecule has 130 valence electrons. The van der Waals surface area contributed by atoms with Gasteiger partial charge in [-0.2, -0.15) is 0 Å². The van der Waals surface area contributed by atoms with Crippen LogP contribution < -0.4 is 4.74 Å². The van der Waals surface area contributed by atoms with E-state index in [0.717, 1.165) is 37.7 Å². The molecule has 2 heterocycles. The predicted octanol–water partition coefficient (Wildman–Crippen LogP) is 4.13. The van der Waals surface area contributed by atoms with Gasteiger partial charge in [-0.05, 0) is 37.8 Å². The number of carbonyl (C=O) groups is 1. The van der Waals surface area contributed by atoms with E-state index in [1.54, 1.807) is 37.3 Å². The van der Waals surface area contributed by atoms with Gasteiger partial charge in [0.2, 0.25) is 0 Å². The van der Waals surface area contributed by atoms with Crippen molar-refractivity contribution >= 4 is 28.5 Å². The van der Waals surface area contributed by atoms with E-state index in [2.05, 4.69) is 0 Å². The highest BCUT2D eigenvalue weighted by Crippen LogP contribution is 2.32. The molecular weight excluding hydrogens is 330 g/mol. The van der Waals surface area contributed by atoms with Crippen LogP contribution in [-0.4, -0.2) is 44.2 Å². The number of hydrogen-bond donors (Lipinski definition) is 0. The first-order chi connectivity index (χ1) is 11.6. The average Bonchev–Trinajstić information content (AvgIpc) is 3.22. The quantitative estimate of drug-likeness (QED) is 0.785. The van der Waals surface area contributed by atoms with Gasteiger partial charge in [-0.15, -0.1) is 0 Å². The Kier molecular flexibility index (Phi) is 5.31. The predicted molar refractivity (Wildman–Crippen MR) is 92.9 cm³/mol. The summed E-state index contributed by atoms with van der Waals surface area (Å²) in [6.07, 6.45) is 4.53. The van der Waals surface area contributed by atoms with Crippen LogP contribution in [0, 0.1) is 0 Å². The van der Waals surface area contributed by atoms with E-state index in [1.165, 1.54) is 0 Å². The number of fused-ring (bicyclic) bond motifs is 1. The van der Waals surface area contributed by atoms with E-state index < -0.39 is 0 Å². The number of benzene rings is 1. The Morgan fingerprint density at radius 2 is 2.25 bits per heavy atom. The molecule has 5 nitrogen and oxygen atoms in total. The third kappa shape index (κ3) is 3.68. The monoisotopic (exact) mass is 351 g/mol. The van der Waals surface area contributed by atoms with E-state index >= 15 is 0 Å². The van der Waals surface area contributed by atoms with Gasteiger partial charge >= 0.3 is 0 Å². The van der Waals surface area contributed by atoms with E-state index in [9.17, 15) is 4.79 Å². The van der Waals surface area contributed by atoms with Crippen molar-refractivity contribution in [3.63, 3.8) is 0 Å². The summed E-state index contributed by atoms with van der Waals surface area (Å²) in [5, 5.41) is 1.31. The van der Waals surface area contributed by atoms with Crippen LogP contribution in [0.4, 0.5) is 0 Å². The van der Waals surface area contributed by atoms with Gasteiger partial charge < -0.3 is 18.8 Å². The van der Waals surface area contributed by atoms with Crippen molar-refractivity contribution in [2.24, 2.45) is 0 Å². The van der Waals surface area contributed by atoms with E-state index in [0.29, 0.717) is 34.8 Å². The summed E-state index contributed by atoms with van der Waals surface area (Å²) >= 11 is 6.06. The standard InChI is InChI=1S/C18H22ClNO4/c1-20(7-3-5-14-6-4-8-23-14)18(21)16-10-12-9-13(19)11-15(22-2)17(12)24-16/h9-11,14H,3-8H2,1-2H3/t14-/m0/s1. The fourth-order valence-corrected chi connectivity index (χ4v) is 3.28. The molecule has 1 aromatic heterocycles. The molecule has 1 saturated heterocycles. The second-order valence-electron chi connectivity index (χ2n) is 6.14. The summed E-state index contributed by atoms with van der Waals surface area (Å²) in [5.41, 5.74) is 0.540. The van der Waals surface area contributed by atoms with Crippen molar-refractivity contribution < 1.29 is 18.7 Å². The normalized spacial score (nSPS) is 17.4. The summed E-state index contributed by atoms with van der Waals surface area (Å²) in [6.45, 7) is 1.54. The number of nitrogens with zero attached hydrogens (tertiary/aromatic N) is 1. The molecule has 1 aliphatic rings. The number of furan rings is 1. The van der Waals surface area contributed by atoms with Crippen LogP contribution in [0.5, 0.6) is 5.75 Å². The Morgan fingerprint density at radius 1 is 1.42 bits per heavy atom. The molecule has 1 aliphatic heterocycles. The van der Waals surface area contributed by atoms with Crippen LogP contribution in [0.1, 0.15) is 36.2 Å². The highest BCUT2D eigenvalue weighted by atomic mass is 35.5. The Bertz CT molecular complexity index is 721. The van der Waals surface area contributed by atoms with Crippen molar-refractivity contribution in [1.82, 2.24) is 4.90 Å². The number of carbonyl (C=O) groups excluding carboxylic acids is 1. The molecule has 0 saturated carbocycles. The van der Waals surface area contributed by atoms with Crippen molar-refractivity contribution in [3.8, 4) is 5.75 Å². The van der Waals surface area contributed by atoms with Crippen molar-refractivity contribution in [2.45, 2.75) is 31.8 Å². The molecule has 0 N–H and O–H groups in total. The van der Waals surface area contributed by atoms with E-state index in [4.69, 9.17) is 25.5 Å². The summed E-state index contributed by atoms with van der Waals surface area (Å²) in [6, 6.07) is 5.15. The molecule has 2 aromatic rings. The maximum atomic E-state index is 12.6. The van der Waals surface area contributed by atoms with Gasteiger partial charge in [-0.1, -0.05) is 11.6 Å². The number of amides is 1. The molecule has 0 radical (unpaired) electrons. The van der Waals surface area contributed by atoms with Crippen molar-refractivity contribution in [2.75, 3.05) is 27.3 Å². The zero-order chi connectivity index (χ0) is 17.1. The SMILES string of the molecule is COc1cc(Cl)cc2cc(C(=O)N(C)CCC[C@H]3CCCO3)oc12. The number of hydrogen-bond acceptors (Lipinski definition) is 4. The van der Waals surface area contributed by atoms with Crippen LogP contribution in [0.25, 0.3) is 11.0 Å². The fraction of sp³-hybridized carbons (Fsp3) is 0.500. The Balaban J connectivity index is 1.66. The topological polar surface area (TPSA) is 51.9 Å². The van der Waals surface area contributed by atoms with Crippen LogP contribution in [-0.2, 0) is 4.74 Å².